The Bertz CT molecular complexity index is 717. The van der Waals surface area contributed by atoms with Crippen LogP contribution in [-0.4, -0.2) is 68.9 Å². The minimum Gasteiger partial charge on any atom is -0.454 e. The Morgan fingerprint density at radius 3 is 2.79 bits per heavy atom. The van der Waals surface area contributed by atoms with Crippen molar-refractivity contribution in [3.8, 4) is 11.5 Å². The van der Waals surface area contributed by atoms with Crippen LogP contribution < -0.4 is 9.47 Å². The predicted octanol–water partition coefficient (Wildman–Crippen LogP) is 2.94. The molecule has 2 saturated heterocycles. The first-order chi connectivity index (χ1) is 14.0. The molecule has 0 bridgehead atoms. The fraction of sp³-hybridized carbons (Fsp3) is 0.696. The van der Waals surface area contributed by atoms with Crippen LogP contribution in [0.2, 0.25) is 0 Å². The van der Waals surface area contributed by atoms with Crippen LogP contribution in [0.3, 0.4) is 0 Å². The lowest BCUT2D eigenvalue weighted by Crippen LogP contribution is -2.49. The molecule has 0 spiro atoms. The highest BCUT2D eigenvalue weighted by molar-refractivity contribution is 5.77. The van der Waals surface area contributed by atoms with E-state index in [-0.39, 0.29) is 5.41 Å². The van der Waals surface area contributed by atoms with Gasteiger partial charge in [-0.2, -0.15) is 0 Å². The molecule has 3 aliphatic rings. The second kappa shape index (κ2) is 8.92. The summed E-state index contributed by atoms with van der Waals surface area (Å²) in [5, 5.41) is 0. The van der Waals surface area contributed by atoms with E-state index in [2.05, 4.69) is 28.9 Å². The third-order valence-corrected chi connectivity index (χ3v) is 6.73. The van der Waals surface area contributed by atoms with Crippen molar-refractivity contribution < 1.29 is 19.0 Å². The van der Waals surface area contributed by atoms with Crippen LogP contribution in [0.5, 0.6) is 11.5 Å². The van der Waals surface area contributed by atoms with Crippen molar-refractivity contribution in [2.75, 3.05) is 53.2 Å². The summed E-state index contributed by atoms with van der Waals surface area (Å²) in [4.78, 5) is 17.2. The van der Waals surface area contributed by atoms with E-state index in [0.29, 0.717) is 25.0 Å². The number of ether oxygens (including phenoxy) is 3. The van der Waals surface area contributed by atoms with Crippen molar-refractivity contribution >= 4 is 5.91 Å². The van der Waals surface area contributed by atoms with Crippen LogP contribution in [0.1, 0.15) is 38.2 Å². The molecule has 0 N–H and O–H groups in total. The van der Waals surface area contributed by atoms with Gasteiger partial charge in [-0.3, -0.25) is 4.79 Å². The zero-order valence-corrected chi connectivity index (χ0v) is 17.8. The average molecular weight is 403 g/mol. The molecule has 1 atom stereocenters. The second-order valence-electron chi connectivity index (χ2n) is 9.23. The fourth-order valence-corrected chi connectivity index (χ4v) is 4.97. The minimum atomic E-state index is 0.112. The van der Waals surface area contributed by atoms with E-state index < -0.39 is 0 Å². The lowest BCUT2D eigenvalue weighted by molar-refractivity contribution is -0.138. The molecule has 1 aromatic carbocycles. The summed E-state index contributed by atoms with van der Waals surface area (Å²) in [6, 6.07) is 6.24. The van der Waals surface area contributed by atoms with Crippen molar-refractivity contribution in [1.29, 1.82) is 0 Å². The SMILES string of the molecule is COCCN1CCC(CN2C[C@](C)(Cc3ccc4c(c3)OCO4)CCC2=O)CC1. The molecule has 0 radical (unpaired) electrons. The molecule has 2 fully saturated rings. The lowest BCUT2D eigenvalue weighted by atomic mass is 9.76. The third kappa shape index (κ3) is 5.04. The number of fused-ring (bicyclic) bond motifs is 1. The molecule has 0 saturated carbocycles. The van der Waals surface area contributed by atoms with Crippen LogP contribution in [0, 0.1) is 11.3 Å². The zero-order chi connectivity index (χ0) is 20.3. The van der Waals surface area contributed by atoms with E-state index in [1.807, 2.05) is 6.07 Å². The Kier molecular flexibility index (Phi) is 6.30. The zero-order valence-electron chi connectivity index (χ0n) is 17.8. The first kappa shape index (κ1) is 20.5. The van der Waals surface area contributed by atoms with E-state index >= 15 is 0 Å². The first-order valence-electron chi connectivity index (χ1n) is 10.9. The molecule has 0 aromatic heterocycles. The molecule has 160 valence electrons. The highest BCUT2D eigenvalue weighted by atomic mass is 16.7. The largest absolute Gasteiger partial charge is 0.454 e. The molecule has 29 heavy (non-hydrogen) atoms. The molecule has 0 unspecified atom stereocenters. The molecule has 3 aliphatic heterocycles. The van der Waals surface area contributed by atoms with E-state index in [1.165, 1.54) is 18.4 Å². The van der Waals surface area contributed by atoms with Crippen LogP contribution in [0.25, 0.3) is 0 Å². The normalized spacial score (nSPS) is 25.6. The van der Waals surface area contributed by atoms with Crippen molar-refractivity contribution in [1.82, 2.24) is 9.80 Å². The van der Waals surface area contributed by atoms with Crippen molar-refractivity contribution in [3.63, 3.8) is 0 Å². The van der Waals surface area contributed by atoms with Gasteiger partial charge in [0.1, 0.15) is 0 Å². The average Bonchev–Trinajstić information content (AvgIpc) is 3.18. The maximum absolute atomic E-state index is 12.6. The van der Waals surface area contributed by atoms with Crippen molar-refractivity contribution in [3.05, 3.63) is 23.8 Å². The van der Waals surface area contributed by atoms with Gasteiger partial charge in [0.05, 0.1) is 6.61 Å². The molecular formula is C23H34N2O4. The van der Waals surface area contributed by atoms with Gasteiger partial charge in [-0.1, -0.05) is 13.0 Å². The van der Waals surface area contributed by atoms with Gasteiger partial charge in [0, 0.05) is 33.2 Å². The fourth-order valence-electron chi connectivity index (χ4n) is 4.97. The molecule has 1 aromatic rings. The Balaban J connectivity index is 1.32. The number of likely N-dealkylation sites (tertiary alicyclic amines) is 2. The number of carbonyl (C=O) groups excluding carboxylic acids is 1. The molecule has 4 rings (SSSR count). The van der Waals surface area contributed by atoms with Gasteiger partial charge >= 0.3 is 0 Å². The monoisotopic (exact) mass is 402 g/mol. The standard InChI is InChI=1S/C23H34N2O4/c1-23(14-19-3-4-20-21(13-19)29-17-28-20)8-5-22(26)25(16-23)15-18-6-9-24(10-7-18)11-12-27-2/h3-4,13,18H,5-12,14-17H2,1-2H3/t23-/m0/s1. The summed E-state index contributed by atoms with van der Waals surface area (Å²) in [5.41, 5.74) is 1.37. The van der Waals surface area contributed by atoms with Gasteiger partial charge in [-0.15, -0.1) is 0 Å². The molecule has 6 heteroatoms. The number of piperidine rings is 2. The molecule has 0 aliphatic carbocycles. The van der Waals surface area contributed by atoms with Crippen LogP contribution in [-0.2, 0) is 16.0 Å². The van der Waals surface area contributed by atoms with Gasteiger partial charge < -0.3 is 24.0 Å². The molecule has 3 heterocycles. The highest BCUT2D eigenvalue weighted by Gasteiger charge is 2.36. The first-order valence-corrected chi connectivity index (χ1v) is 10.9. The van der Waals surface area contributed by atoms with Gasteiger partial charge in [0.2, 0.25) is 12.7 Å². The van der Waals surface area contributed by atoms with Gasteiger partial charge in [-0.05, 0) is 67.8 Å². The van der Waals surface area contributed by atoms with Crippen LogP contribution in [0.15, 0.2) is 18.2 Å². The molecule has 6 nitrogen and oxygen atoms in total. The van der Waals surface area contributed by atoms with E-state index in [0.717, 1.165) is 63.7 Å². The number of methoxy groups -OCH3 is 1. The Labute approximate surface area is 174 Å². The maximum Gasteiger partial charge on any atom is 0.231 e. The van der Waals surface area contributed by atoms with Crippen LogP contribution >= 0.6 is 0 Å². The third-order valence-electron chi connectivity index (χ3n) is 6.73. The highest BCUT2D eigenvalue weighted by Crippen LogP contribution is 2.38. The van der Waals surface area contributed by atoms with Crippen LogP contribution in [0.4, 0.5) is 0 Å². The number of carbonyl (C=O) groups is 1. The van der Waals surface area contributed by atoms with E-state index in [1.54, 1.807) is 7.11 Å². The summed E-state index contributed by atoms with van der Waals surface area (Å²) < 4.78 is 16.2. The Morgan fingerprint density at radius 1 is 1.21 bits per heavy atom. The van der Waals surface area contributed by atoms with E-state index in [4.69, 9.17) is 14.2 Å². The number of amides is 1. The predicted molar refractivity (Wildman–Crippen MR) is 111 cm³/mol. The quantitative estimate of drug-likeness (QED) is 0.702. The topological polar surface area (TPSA) is 51.2 Å². The van der Waals surface area contributed by atoms with Gasteiger partial charge in [-0.25, -0.2) is 0 Å². The Morgan fingerprint density at radius 2 is 2.00 bits per heavy atom. The van der Waals surface area contributed by atoms with Gasteiger partial charge in [0.25, 0.3) is 0 Å². The number of nitrogens with zero attached hydrogens (tertiary/aromatic N) is 2. The number of rotatable bonds is 7. The minimum absolute atomic E-state index is 0.112. The summed E-state index contributed by atoms with van der Waals surface area (Å²) in [7, 11) is 1.76. The van der Waals surface area contributed by atoms with Crippen molar-refractivity contribution in [2.24, 2.45) is 11.3 Å². The second-order valence-corrected chi connectivity index (χ2v) is 9.23. The maximum atomic E-state index is 12.6. The Hall–Kier alpha value is -1.79. The summed E-state index contributed by atoms with van der Waals surface area (Å²) in [6.07, 6.45) is 4.92. The van der Waals surface area contributed by atoms with Gasteiger partial charge in [0.15, 0.2) is 11.5 Å². The lowest BCUT2D eigenvalue weighted by Gasteiger charge is -2.43. The number of benzene rings is 1. The number of hydrogen-bond acceptors (Lipinski definition) is 5. The summed E-state index contributed by atoms with van der Waals surface area (Å²) in [5.74, 6) is 2.62. The van der Waals surface area contributed by atoms with Crippen molar-refractivity contribution in [2.45, 2.75) is 39.0 Å². The van der Waals surface area contributed by atoms with E-state index in [9.17, 15) is 4.79 Å². The summed E-state index contributed by atoms with van der Waals surface area (Å²) >= 11 is 0. The number of hydrogen-bond donors (Lipinski definition) is 0. The smallest absolute Gasteiger partial charge is 0.231 e. The summed E-state index contributed by atoms with van der Waals surface area (Å²) in [6.45, 7) is 8.44. The molecule has 1 amide bonds. The molecular weight excluding hydrogens is 368 g/mol.